The molecule has 3 rings (SSSR count). The molecule has 2 heterocycles. The van der Waals surface area contributed by atoms with Crippen LogP contribution in [-0.2, 0) is 0 Å². The number of hydrazine groups is 1. The Bertz CT molecular complexity index is 880. The lowest BCUT2D eigenvalue weighted by molar-refractivity contribution is -0.383. The van der Waals surface area contributed by atoms with Gasteiger partial charge in [0.25, 0.3) is 5.91 Å². The lowest BCUT2D eigenvalue weighted by Gasteiger charge is -2.35. The molecule has 1 saturated heterocycles. The van der Waals surface area contributed by atoms with Crippen LogP contribution in [0.5, 0.6) is 0 Å². The van der Waals surface area contributed by atoms with E-state index >= 15 is 0 Å². The van der Waals surface area contributed by atoms with Gasteiger partial charge >= 0.3 is 5.69 Å². The molecule has 0 unspecified atom stereocenters. The number of likely N-dealkylation sites (tertiary alicyclic amines) is 1. The molecule has 10 heteroatoms. The largest absolute Gasteiger partial charge is 0.355 e. The second kappa shape index (κ2) is 8.82. The summed E-state index contributed by atoms with van der Waals surface area (Å²) >= 11 is 0. The lowest BCUT2D eigenvalue weighted by atomic mass is 10.0. The maximum absolute atomic E-state index is 12.3. The number of nitrogens with zero attached hydrogens (tertiary/aromatic N) is 5. The van der Waals surface area contributed by atoms with Crippen LogP contribution in [0.2, 0.25) is 0 Å². The molecule has 0 radical (unpaired) electrons. The quantitative estimate of drug-likeness (QED) is 0.559. The number of anilines is 2. The number of rotatable bonds is 6. The molecule has 10 nitrogen and oxygen atoms in total. The SMILES string of the molecule is Cc1ccc(C(=O)NNc2ncnc(N(C)C3CCN(C)CC3)c2[N+](=O)[O-])cc1. The fourth-order valence-corrected chi connectivity index (χ4v) is 3.34. The summed E-state index contributed by atoms with van der Waals surface area (Å²) in [6.45, 7) is 3.77. The summed E-state index contributed by atoms with van der Waals surface area (Å²) < 4.78 is 0. The number of hydrogen-bond donors (Lipinski definition) is 2. The third-order valence-corrected chi connectivity index (χ3v) is 5.16. The number of nitrogens with one attached hydrogen (secondary N) is 2. The third kappa shape index (κ3) is 4.77. The molecule has 29 heavy (non-hydrogen) atoms. The molecule has 2 N–H and O–H groups in total. The molecule has 0 spiro atoms. The molecular formula is C19H25N7O3. The van der Waals surface area contributed by atoms with Crippen molar-refractivity contribution in [2.45, 2.75) is 25.8 Å². The number of nitro groups is 1. The van der Waals surface area contributed by atoms with E-state index in [9.17, 15) is 14.9 Å². The Labute approximate surface area is 169 Å². The lowest BCUT2D eigenvalue weighted by Crippen LogP contribution is -2.42. The fourth-order valence-electron chi connectivity index (χ4n) is 3.34. The molecule has 1 fully saturated rings. The summed E-state index contributed by atoms with van der Waals surface area (Å²) in [4.78, 5) is 35.7. The maximum Gasteiger partial charge on any atom is 0.355 e. The Kier molecular flexibility index (Phi) is 6.23. The number of aromatic nitrogens is 2. The molecule has 1 aliphatic heterocycles. The zero-order valence-corrected chi connectivity index (χ0v) is 16.8. The van der Waals surface area contributed by atoms with E-state index in [2.05, 4.69) is 32.8 Å². The smallest absolute Gasteiger partial charge is 0.351 e. The zero-order valence-electron chi connectivity index (χ0n) is 16.8. The highest BCUT2D eigenvalue weighted by atomic mass is 16.6. The second-order valence-corrected chi connectivity index (χ2v) is 7.24. The standard InChI is InChI=1S/C19H25N7O3/c1-13-4-6-14(7-5-13)19(27)23-22-17-16(26(28)29)18(21-12-20-17)25(3)15-8-10-24(2)11-9-15/h4-7,12,15H,8-11H2,1-3H3,(H,23,27)(H,20,21,22). The highest BCUT2D eigenvalue weighted by molar-refractivity contribution is 5.95. The molecule has 154 valence electrons. The van der Waals surface area contributed by atoms with Crippen molar-refractivity contribution in [2.75, 3.05) is 37.5 Å². The van der Waals surface area contributed by atoms with Gasteiger partial charge in [-0.15, -0.1) is 0 Å². The summed E-state index contributed by atoms with van der Waals surface area (Å²) in [5.74, 6) is -0.241. The van der Waals surface area contributed by atoms with Gasteiger partial charge in [-0.25, -0.2) is 9.97 Å². The number of carbonyl (C=O) groups excluding carboxylic acids is 1. The Hall–Kier alpha value is -3.27. The van der Waals surface area contributed by atoms with Crippen LogP contribution in [0.4, 0.5) is 17.3 Å². The van der Waals surface area contributed by atoms with Gasteiger partial charge in [0.15, 0.2) is 0 Å². The Balaban J connectivity index is 1.78. The van der Waals surface area contributed by atoms with Gasteiger partial charge < -0.3 is 9.80 Å². The van der Waals surface area contributed by atoms with Gasteiger partial charge in [0, 0.05) is 18.7 Å². The van der Waals surface area contributed by atoms with Gasteiger partial charge in [0.1, 0.15) is 6.33 Å². The highest BCUT2D eigenvalue weighted by Crippen LogP contribution is 2.33. The number of piperidine rings is 1. The van der Waals surface area contributed by atoms with E-state index in [4.69, 9.17) is 0 Å². The van der Waals surface area contributed by atoms with Crippen LogP contribution in [0.25, 0.3) is 0 Å². The molecule has 0 atom stereocenters. The van der Waals surface area contributed by atoms with Crippen molar-refractivity contribution < 1.29 is 9.72 Å². The third-order valence-electron chi connectivity index (χ3n) is 5.16. The van der Waals surface area contributed by atoms with Crippen molar-refractivity contribution in [2.24, 2.45) is 0 Å². The van der Waals surface area contributed by atoms with Crippen LogP contribution >= 0.6 is 0 Å². The Morgan fingerprint density at radius 2 is 1.90 bits per heavy atom. The molecule has 0 aliphatic carbocycles. The first kappa shape index (κ1) is 20.5. The van der Waals surface area contributed by atoms with Crippen LogP contribution in [0.1, 0.15) is 28.8 Å². The van der Waals surface area contributed by atoms with Gasteiger partial charge in [-0.05, 0) is 52.0 Å². The predicted octanol–water partition coefficient (Wildman–Crippen LogP) is 1.98. The topological polar surface area (TPSA) is 117 Å². The first-order valence-electron chi connectivity index (χ1n) is 9.40. The first-order chi connectivity index (χ1) is 13.9. The number of hydrogen-bond acceptors (Lipinski definition) is 8. The van der Waals surface area contributed by atoms with Gasteiger partial charge in [0.05, 0.1) is 4.92 Å². The Morgan fingerprint density at radius 1 is 1.24 bits per heavy atom. The monoisotopic (exact) mass is 399 g/mol. The number of aryl methyl sites for hydroxylation is 1. The van der Waals surface area contributed by atoms with Gasteiger partial charge in [-0.3, -0.25) is 25.8 Å². The van der Waals surface area contributed by atoms with E-state index in [1.807, 2.05) is 24.0 Å². The summed E-state index contributed by atoms with van der Waals surface area (Å²) in [5.41, 5.74) is 6.26. The highest BCUT2D eigenvalue weighted by Gasteiger charge is 2.30. The minimum Gasteiger partial charge on any atom is -0.351 e. The number of benzene rings is 1. The molecular weight excluding hydrogens is 374 g/mol. The van der Waals surface area contributed by atoms with Crippen LogP contribution in [0, 0.1) is 17.0 Å². The fraction of sp³-hybridized carbons (Fsp3) is 0.421. The van der Waals surface area contributed by atoms with Crippen molar-refractivity contribution >= 4 is 23.2 Å². The molecule has 2 aromatic rings. The molecule has 1 aromatic carbocycles. The van der Waals surface area contributed by atoms with Gasteiger partial charge in [-0.1, -0.05) is 17.7 Å². The van der Waals surface area contributed by atoms with Crippen molar-refractivity contribution in [3.8, 4) is 0 Å². The molecule has 0 saturated carbocycles. The normalized spacial score (nSPS) is 15.0. The predicted molar refractivity (Wildman–Crippen MR) is 110 cm³/mol. The van der Waals surface area contributed by atoms with Crippen molar-refractivity contribution in [1.82, 2.24) is 20.3 Å². The van der Waals surface area contributed by atoms with Gasteiger partial charge in [0.2, 0.25) is 11.6 Å². The molecule has 0 bridgehead atoms. The minimum atomic E-state index is -0.527. The number of amides is 1. The minimum absolute atomic E-state index is 0.0553. The van der Waals surface area contributed by atoms with E-state index in [-0.39, 0.29) is 23.4 Å². The van der Waals surface area contributed by atoms with Crippen molar-refractivity contribution in [3.63, 3.8) is 0 Å². The molecule has 1 aliphatic rings. The van der Waals surface area contributed by atoms with Crippen molar-refractivity contribution in [1.29, 1.82) is 0 Å². The van der Waals surface area contributed by atoms with Gasteiger partial charge in [-0.2, -0.15) is 0 Å². The summed E-state index contributed by atoms with van der Waals surface area (Å²) in [6.07, 6.45) is 3.04. The van der Waals surface area contributed by atoms with Crippen LogP contribution in [-0.4, -0.2) is 58.9 Å². The van der Waals surface area contributed by atoms with E-state index < -0.39 is 10.8 Å². The van der Waals surface area contributed by atoms with Crippen LogP contribution in [0.3, 0.4) is 0 Å². The zero-order chi connectivity index (χ0) is 21.0. The van der Waals surface area contributed by atoms with E-state index in [1.54, 1.807) is 19.2 Å². The summed E-state index contributed by atoms with van der Waals surface area (Å²) in [7, 11) is 3.86. The molecule has 1 amide bonds. The summed E-state index contributed by atoms with van der Waals surface area (Å²) in [6, 6.07) is 7.14. The maximum atomic E-state index is 12.3. The first-order valence-corrected chi connectivity index (χ1v) is 9.40. The van der Waals surface area contributed by atoms with E-state index in [0.717, 1.165) is 31.5 Å². The average Bonchev–Trinajstić information content (AvgIpc) is 2.72. The van der Waals surface area contributed by atoms with E-state index in [1.165, 1.54) is 6.33 Å². The van der Waals surface area contributed by atoms with E-state index in [0.29, 0.717) is 5.56 Å². The van der Waals surface area contributed by atoms with Crippen LogP contribution < -0.4 is 15.8 Å². The average molecular weight is 399 g/mol. The second-order valence-electron chi connectivity index (χ2n) is 7.24. The summed E-state index contributed by atoms with van der Waals surface area (Å²) in [5, 5.41) is 11.8. The molecule has 1 aromatic heterocycles. The number of carbonyl (C=O) groups is 1. The Morgan fingerprint density at radius 3 is 2.52 bits per heavy atom. The van der Waals surface area contributed by atoms with Crippen LogP contribution in [0.15, 0.2) is 30.6 Å². The van der Waals surface area contributed by atoms with Crippen molar-refractivity contribution in [3.05, 3.63) is 51.8 Å².